The molecule has 1 aromatic heterocycles. The zero-order chi connectivity index (χ0) is 13.5. The third-order valence-corrected chi connectivity index (χ3v) is 2.46. The van der Waals surface area contributed by atoms with E-state index in [0.29, 0.717) is 13.1 Å². The summed E-state index contributed by atoms with van der Waals surface area (Å²) in [6, 6.07) is -0.324. The SMILES string of the molecule is CC(CNC(=O)NCc1nccn1C)CC(=O)O. The van der Waals surface area contributed by atoms with Gasteiger partial charge in [-0.2, -0.15) is 0 Å². The molecule has 0 spiro atoms. The molecule has 0 aliphatic rings. The number of urea groups is 1. The Morgan fingerprint density at radius 1 is 1.50 bits per heavy atom. The summed E-state index contributed by atoms with van der Waals surface area (Å²) in [6.45, 7) is 2.44. The number of nitrogens with zero attached hydrogens (tertiary/aromatic N) is 2. The largest absolute Gasteiger partial charge is 0.481 e. The number of carbonyl (C=O) groups is 2. The fraction of sp³-hybridized carbons (Fsp3) is 0.545. The average Bonchev–Trinajstić information content (AvgIpc) is 2.68. The number of hydrogen-bond acceptors (Lipinski definition) is 3. The first-order valence-electron chi connectivity index (χ1n) is 5.68. The molecule has 2 amide bonds. The highest BCUT2D eigenvalue weighted by molar-refractivity contribution is 5.73. The predicted octanol–water partition coefficient (Wildman–Crippen LogP) is 0.330. The number of nitrogens with one attached hydrogen (secondary N) is 2. The molecular formula is C11H18N4O3. The van der Waals surface area contributed by atoms with E-state index in [1.54, 1.807) is 19.3 Å². The maximum atomic E-state index is 11.4. The van der Waals surface area contributed by atoms with Gasteiger partial charge in [0, 0.05) is 32.4 Å². The van der Waals surface area contributed by atoms with Crippen molar-refractivity contribution in [2.45, 2.75) is 19.9 Å². The molecule has 0 aromatic carbocycles. The quantitative estimate of drug-likeness (QED) is 0.681. The van der Waals surface area contributed by atoms with Gasteiger partial charge in [0.25, 0.3) is 0 Å². The van der Waals surface area contributed by atoms with Gasteiger partial charge < -0.3 is 20.3 Å². The monoisotopic (exact) mass is 254 g/mol. The minimum absolute atomic E-state index is 0.0413. The summed E-state index contributed by atoms with van der Waals surface area (Å²) in [7, 11) is 1.84. The molecule has 0 aliphatic carbocycles. The van der Waals surface area contributed by atoms with Crippen LogP contribution in [0.5, 0.6) is 0 Å². The highest BCUT2D eigenvalue weighted by Gasteiger charge is 2.09. The van der Waals surface area contributed by atoms with E-state index in [-0.39, 0.29) is 18.4 Å². The number of carbonyl (C=O) groups excluding carboxylic acids is 1. The lowest BCUT2D eigenvalue weighted by atomic mass is 10.1. The Morgan fingerprint density at radius 2 is 2.22 bits per heavy atom. The third kappa shape index (κ3) is 4.86. The summed E-state index contributed by atoms with van der Waals surface area (Å²) in [4.78, 5) is 25.9. The molecule has 0 saturated carbocycles. The van der Waals surface area contributed by atoms with Crippen molar-refractivity contribution >= 4 is 12.0 Å². The Hall–Kier alpha value is -2.05. The van der Waals surface area contributed by atoms with E-state index in [0.717, 1.165) is 5.82 Å². The van der Waals surface area contributed by atoms with E-state index in [1.807, 2.05) is 11.6 Å². The molecule has 3 N–H and O–H groups in total. The van der Waals surface area contributed by atoms with Crippen molar-refractivity contribution in [3.8, 4) is 0 Å². The molecular weight excluding hydrogens is 236 g/mol. The molecule has 0 bridgehead atoms. The Morgan fingerprint density at radius 3 is 2.78 bits per heavy atom. The van der Waals surface area contributed by atoms with Gasteiger partial charge in [0.2, 0.25) is 0 Å². The van der Waals surface area contributed by atoms with E-state index in [9.17, 15) is 9.59 Å². The summed E-state index contributed by atoms with van der Waals surface area (Å²) in [5.74, 6) is -0.206. The molecule has 100 valence electrons. The number of hydrogen-bond donors (Lipinski definition) is 3. The van der Waals surface area contributed by atoms with Crippen LogP contribution < -0.4 is 10.6 Å². The van der Waals surface area contributed by atoms with Crippen LogP contribution in [0.1, 0.15) is 19.2 Å². The van der Waals surface area contributed by atoms with Crippen LogP contribution in [0.25, 0.3) is 0 Å². The Bertz CT molecular complexity index is 416. The highest BCUT2D eigenvalue weighted by Crippen LogP contribution is 1.99. The number of aliphatic carboxylic acids is 1. The summed E-state index contributed by atoms with van der Waals surface area (Å²) >= 11 is 0. The van der Waals surface area contributed by atoms with Gasteiger partial charge in [-0.15, -0.1) is 0 Å². The van der Waals surface area contributed by atoms with Crippen LogP contribution in [0, 0.1) is 5.92 Å². The summed E-state index contributed by atoms with van der Waals surface area (Å²) in [5, 5.41) is 13.8. The molecule has 1 unspecified atom stereocenters. The van der Waals surface area contributed by atoms with Gasteiger partial charge in [0.05, 0.1) is 6.54 Å². The number of amides is 2. The molecule has 1 aromatic rings. The number of aromatic nitrogens is 2. The Kier molecular flexibility index (Phi) is 5.16. The molecule has 7 nitrogen and oxygen atoms in total. The lowest BCUT2D eigenvalue weighted by molar-refractivity contribution is -0.137. The first kappa shape index (κ1) is 14.0. The first-order valence-corrected chi connectivity index (χ1v) is 5.68. The maximum absolute atomic E-state index is 11.4. The van der Waals surface area contributed by atoms with Crippen LogP contribution in [-0.4, -0.2) is 33.2 Å². The number of carboxylic acid groups (broad SMARTS) is 1. The van der Waals surface area contributed by atoms with Crippen LogP contribution in [0.15, 0.2) is 12.4 Å². The minimum Gasteiger partial charge on any atom is -0.481 e. The van der Waals surface area contributed by atoms with Gasteiger partial charge >= 0.3 is 12.0 Å². The summed E-state index contributed by atoms with van der Waals surface area (Å²) in [5.41, 5.74) is 0. The van der Waals surface area contributed by atoms with E-state index >= 15 is 0 Å². The fourth-order valence-corrected chi connectivity index (χ4v) is 1.43. The molecule has 1 rings (SSSR count). The standard InChI is InChI=1S/C11H18N4O3/c1-8(5-10(16)17)6-13-11(18)14-7-9-12-3-4-15(9)2/h3-4,8H,5-7H2,1-2H3,(H,16,17)(H2,13,14,18). The van der Waals surface area contributed by atoms with E-state index < -0.39 is 5.97 Å². The second-order valence-corrected chi connectivity index (χ2v) is 4.22. The molecule has 0 aliphatic heterocycles. The normalized spacial score (nSPS) is 11.9. The van der Waals surface area contributed by atoms with Crippen molar-refractivity contribution in [3.05, 3.63) is 18.2 Å². The van der Waals surface area contributed by atoms with E-state index in [2.05, 4.69) is 15.6 Å². The molecule has 0 saturated heterocycles. The lowest BCUT2D eigenvalue weighted by Gasteiger charge is -2.11. The van der Waals surface area contributed by atoms with Crippen LogP contribution in [0.2, 0.25) is 0 Å². The molecule has 7 heteroatoms. The van der Waals surface area contributed by atoms with Crippen LogP contribution in [0.3, 0.4) is 0 Å². The second-order valence-electron chi connectivity index (χ2n) is 4.22. The fourth-order valence-electron chi connectivity index (χ4n) is 1.43. The third-order valence-electron chi connectivity index (χ3n) is 2.46. The number of carboxylic acids is 1. The van der Waals surface area contributed by atoms with Crippen molar-refractivity contribution in [3.63, 3.8) is 0 Å². The molecule has 1 heterocycles. The van der Waals surface area contributed by atoms with Gasteiger partial charge in [-0.25, -0.2) is 9.78 Å². The van der Waals surface area contributed by atoms with E-state index in [1.165, 1.54) is 0 Å². The van der Waals surface area contributed by atoms with Crippen molar-refractivity contribution in [2.24, 2.45) is 13.0 Å². The zero-order valence-electron chi connectivity index (χ0n) is 10.5. The minimum atomic E-state index is -0.863. The topological polar surface area (TPSA) is 96.3 Å². The van der Waals surface area contributed by atoms with Gasteiger partial charge in [-0.3, -0.25) is 4.79 Å². The number of aryl methyl sites for hydroxylation is 1. The van der Waals surface area contributed by atoms with Gasteiger partial charge in [0.15, 0.2) is 0 Å². The average molecular weight is 254 g/mol. The van der Waals surface area contributed by atoms with Crippen LogP contribution >= 0.6 is 0 Å². The molecule has 1 atom stereocenters. The Labute approximate surface area is 105 Å². The summed E-state index contributed by atoms with van der Waals surface area (Å²) < 4.78 is 1.81. The van der Waals surface area contributed by atoms with Crippen LogP contribution in [0.4, 0.5) is 4.79 Å². The maximum Gasteiger partial charge on any atom is 0.315 e. The van der Waals surface area contributed by atoms with Crippen molar-refractivity contribution in [2.75, 3.05) is 6.54 Å². The first-order chi connectivity index (χ1) is 8.49. The highest BCUT2D eigenvalue weighted by atomic mass is 16.4. The summed E-state index contributed by atoms with van der Waals surface area (Å²) in [6.07, 6.45) is 3.49. The second kappa shape index (κ2) is 6.63. The molecule has 0 fully saturated rings. The van der Waals surface area contributed by atoms with Gasteiger partial charge in [-0.1, -0.05) is 6.92 Å². The molecule has 0 radical (unpaired) electrons. The Balaban J connectivity index is 2.22. The smallest absolute Gasteiger partial charge is 0.315 e. The van der Waals surface area contributed by atoms with Crippen molar-refractivity contribution in [1.29, 1.82) is 0 Å². The number of imidazole rings is 1. The van der Waals surface area contributed by atoms with Crippen molar-refractivity contribution in [1.82, 2.24) is 20.2 Å². The van der Waals surface area contributed by atoms with Crippen molar-refractivity contribution < 1.29 is 14.7 Å². The lowest BCUT2D eigenvalue weighted by Crippen LogP contribution is -2.38. The van der Waals surface area contributed by atoms with Crippen LogP contribution in [-0.2, 0) is 18.4 Å². The predicted molar refractivity (Wildman–Crippen MR) is 64.9 cm³/mol. The van der Waals surface area contributed by atoms with Gasteiger partial charge in [-0.05, 0) is 5.92 Å². The van der Waals surface area contributed by atoms with E-state index in [4.69, 9.17) is 5.11 Å². The molecule has 18 heavy (non-hydrogen) atoms. The zero-order valence-corrected chi connectivity index (χ0v) is 10.5. The number of rotatable bonds is 6. The van der Waals surface area contributed by atoms with Gasteiger partial charge in [0.1, 0.15) is 5.82 Å².